The van der Waals surface area contributed by atoms with E-state index in [1.54, 1.807) is 45.0 Å². The van der Waals surface area contributed by atoms with Gasteiger partial charge in [0.1, 0.15) is 5.60 Å². The van der Waals surface area contributed by atoms with E-state index in [0.29, 0.717) is 11.1 Å². The Hall–Kier alpha value is -2.48. The molecule has 0 saturated heterocycles. The van der Waals surface area contributed by atoms with E-state index in [2.05, 4.69) is 17.2 Å². The number of amides is 2. The van der Waals surface area contributed by atoms with Crippen molar-refractivity contribution in [3.05, 3.63) is 35.4 Å². The van der Waals surface area contributed by atoms with Gasteiger partial charge in [-0.15, -0.1) is 0 Å². The third-order valence-corrected chi connectivity index (χ3v) is 2.14. The van der Waals surface area contributed by atoms with Crippen LogP contribution in [-0.2, 0) is 4.74 Å². The maximum atomic E-state index is 11.4. The van der Waals surface area contributed by atoms with Crippen molar-refractivity contribution in [2.24, 2.45) is 5.73 Å². The molecule has 0 unspecified atom stereocenters. The summed E-state index contributed by atoms with van der Waals surface area (Å²) in [5, 5.41) is 2.51. The van der Waals surface area contributed by atoms with Gasteiger partial charge in [-0.25, -0.2) is 4.79 Å². The van der Waals surface area contributed by atoms with Gasteiger partial charge in [0.05, 0.1) is 12.1 Å². The van der Waals surface area contributed by atoms with E-state index in [1.165, 1.54) is 0 Å². The van der Waals surface area contributed by atoms with Crippen molar-refractivity contribution < 1.29 is 14.3 Å². The Bertz CT molecular complexity index is 562. The number of rotatable bonds is 2. The van der Waals surface area contributed by atoms with Crippen LogP contribution < -0.4 is 11.1 Å². The molecule has 0 bridgehead atoms. The minimum Gasteiger partial charge on any atom is -0.444 e. The number of alkyl carbamates (subject to hydrolysis) is 1. The molecule has 0 atom stereocenters. The summed E-state index contributed by atoms with van der Waals surface area (Å²) in [6, 6.07) is 6.77. The molecule has 20 heavy (non-hydrogen) atoms. The van der Waals surface area contributed by atoms with Crippen molar-refractivity contribution in [3.8, 4) is 11.8 Å². The Morgan fingerprint density at radius 3 is 2.55 bits per heavy atom. The summed E-state index contributed by atoms with van der Waals surface area (Å²) in [5.41, 5.74) is 5.59. The van der Waals surface area contributed by atoms with Crippen LogP contribution in [0.3, 0.4) is 0 Å². The fourth-order valence-electron chi connectivity index (χ4n) is 1.38. The highest BCUT2D eigenvalue weighted by atomic mass is 16.6. The van der Waals surface area contributed by atoms with Crippen molar-refractivity contribution in [2.75, 3.05) is 6.54 Å². The molecule has 0 fully saturated rings. The van der Waals surface area contributed by atoms with Gasteiger partial charge in [-0.2, -0.15) is 0 Å². The molecule has 0 saturated carbocycles. The third-order valence-electron chi connectivity index (χ3n) is 2.14. The summed E-state index contributed by atoms with van der Waals surface area (Å²) in [6.07, 6.45) is -0.532. The first-order chi connectivity index (χ1) is 9.29. The van der Waals surface area contributed by atoms with Crippen molar-refractivity contribution in [3.63, 3.8) is 0 Å². The van der Waals surface area contributed by atoms with E-state index < -0.39 is 17.6 Å². The number of hydrogen-bond acceptors (Lipinski definition) is 3. The van der Waals surface area contributed by atoms with Gasteiger partial charge in [0.25, 0.3) is 0 Å². The number of primary amides is 1. The van der Waals surface area contributed by atoms with Gasteiger partial charge in [0.2, 0.25) is 5.91 Å². The first kappa shape index (κ1) is 15.6. The largest absolute Gasteiger partial charge is 0.444 e. The minimum atomic E-state index is -0.546. The Morgan fingerprint density at radius 2 is 1.95 bits per heavy atom. The van der Waals surface area contributed by atoms with Crippen molar-refractivity contribution in [2.45, 2.75) is 26.4 Å². The van der Waals surface area contributed by atoms with Crippen molar-refractivity contribution in [1.82, 2.24) is 5.32 Å². The van der Waals surface area contributed by atoms with E-state index >= 15 is 0 Å². The Labute approximate surface area is 118 Å². The zero-order valence-electron chi connectivity index (χ0n) is 11.8. The Kier molecular flexibility index (Phi) is 5.15. The molecule has 5 nitrogen and oxygen atoms in total. The lowest BCUT2D eigenvalue weighted by Crippen LogP contribution is -2.32. The fourth-order valence-corrected chi connectivity index (χ4v) is 1.38. The number of benzene rings is 1. The summed E-state index contributed by atoms with van der Waals surface area (Å²) >= 11 is 0. The normalized spacial score (nSPS) is 10.2. The molecular formula is C15H18N2O3. The molecule has 3 N–H and O–H groups in total. The van der Waals surface area contributed by atoms with E-state index in [9.17, 15) is 9.59 Å². The van der Waals surface area contributed by atoms with E-state index in [0.717, 1.165) is 0 Å². The van der Waals surface area contributed by atoms with Crippen LogP contribution in [0.5, 0.6) is 0 Å². The van der Waals surface area contributed by atoms with Gasteiger partial charge < -0.3 is 15.8 Å². The summed E-state index contributed by atoms with van der Waals surface area (Å²) < 4.78 is 5.06. The lowest BCUT2D eigenvalue weighted by molar-refractivity contribution is 0.0535. The van der Waals surface area contributed by atoms with Crippen LogP contribution in [0, 0.1) is 11.8 Å². The average molecular weight is 274 g/mol. The highest BCUT2D eigenvalue weighted by molar-refractivity contribution is 5.95. The van der Waals surface area contributed by atoms with Gasteiger partial charge in [-0.1, -0.05) is 24.0 Å². The molecule has 0 aliphatic rings. The average Bonchev–Trinajstić information content (AvgIpc) is 2.33. The SMILES string of the molecule is CC(C)(C)OC(=O)NCC#Cc1ccccc1C(N)=O. The summed E-state index contributed by atoms with van der Waals surface area (Å²) in [4.78, 5) is 22.6. The molecule has 0 aliphatic carbocycles. The molecule has 1 aromatic carbocycles. The van der Waals surface area contributed by atoms with Crippen LogP contribution in [0.15, 0.2) is 24.3 Å². The predicted molar refractivity (Wildman–Crippen MR) is 76.1 cm³/mol. The van der Waals surface area contributed by atoms with Crippen molar-refractivity contribution >= 4 is 12.0 Å². The number of hydrogen-bond donors (Lipinski definition) is 2. The van der Waals surface area contributed by atoms with Gasteiger partial charge in [-0.3, -0.25) is 4.79 Å². The summed E-state index contributed by atoms with van der Waals surface area (Å²) in [7, 11) is 0. The zero-order chi connectivity index (χ0) is 15.2. The molecule has 1 aromatic rings. The summed E-state index contributed by atoms with van der Waals surface area (Å²) in [6.45, 7) is 5.46. The molecule has 5 heteroatoms. The van der Waals surface area contributed by atoms with Crippen molar-refractivity contribution in [1.29, 1.82) is 0 Å². The topological polar surface area (TPSA) is 81.4 Å². The van der Waals surface area contributed by atoms with E-state index in [4.69, 9.17) is 10.5 Å². The number of carbonyl (C=O) groups excluding carboxylic acids is 2. The smallest absolute Gasteiger partial charge is 0.408 e. The number of nitrogens with two attached hydrogens (primary N) is 1. The first-order valence-corrected chi connectivity index (χ1v) is 6.14. The van der Waals surface area contributed by atoms with Crippen LogP contribution in [-0.4, -0.2) is 24.1 Å². The minimum absolute atomic E-state index is 0.127. The molecule has 106 valence electrons. The number of ether oxygens (including phenoxy) is 1. The second-order valence-electron chi connectivity index (χ2n) is 5.07. The van der Waals surface area contributed by atoms with Crippen LogP contribution in [0.4, 0.5) is 4.79 Å². The molecular weight excluding hydrogens is 256 g/mol. The van der Waals surface area contributed by atoms with Gasteiger partial charge in [-0.05, 0) is 32.9 Å². The van der Waals surface area contributed by atoms with Gasteiger partial charge >= 0.3 is 6.09 Å². The number of carbonyl (C=O) groups is 2. The molecule has 2 amide bonds. The van der Waals surface area contributed by atoms with Gasteiger partial charge in [0.15, 0.2) is 0 Å². The van der Waals surface area contributed by atoms with Crippen LogP contribution in [0.2, 0.25) is 0 Å². The standard InChI is InChI=1S/C15H18N2O3/c1-15(2,3)20-14(19)17-10-6-8-11-7-4-5-9-12(11)13(16)18/h4-5,7,9H,10H2,1-3H3,(H2,16,18)(H,17,19). The van der Waals surface area contributed by atoms with Crippen LogP contribution in [0.1, 0.15) is 36.7 Å². The van der Waals surface area contributed by atoms with E-state index in [-0.39, 0.29) is 6.54 Å². The molecule has 0 radical (unpaired) electrons. The Morgan fingerprint density at radius 1 is 1.30 bits per heavy atom. The maximum absolute atomic E-state index is 11.4. The second kappa shape index (κ2) is 6.62. The predicted octanol–water partition coefficient (Wildman–Crippen LogP) is 1.66. The monoisotopic (exact) mass is 274 g/mol. The highest BCUT2D eigenvalue weighted by Gasteiger charge is 2.15. The van der Waals surface area contributed by atoms with E-state index in [1.807, 2.05) is 0 Å². The van der Waals surface area contributed by atoms with Crippen LogP contribution >= 0.6 is 0 Å². The first-order valence-electron chi connectivity index (χ1n) is 6.14. The van der Waals surface area contributed by atoms with Gasteiger partial charge in [0, 0.05) is 5.56 Å². The zero-order valence-corrected chi connectivity index (χ0v) is 11.8. The third kappa shape index (κ3) is 5.44. The second-order valence-corrected chi connectivity index (χ2v) is 5.07. The lowest BCUT2D eigenvalue weighted by Gasteiger charge is -2.19. The lowest BCUT2D eigenvalue weighted by atomic mass is 10.1. The molecule has 1 rings (SSSR count). The molecule has 0 aliphatic heterocycles. The highest BCUT2D eigenvalue weighted by Crippen LogP contribution is 2.06. The summed E-state index contributed by atoms with van der Waals surface area (Å²) in [5.74, 6) is 5.00. The quantitative estimate of drug-likeness (QED) is 0.805. The Balaban J connectivity index is 2.60. The molecule has 0 aromatic heterocycles. The maximum Gasteiger partial charge on any atom is 0.408 e. The molecule has 0 heterocycles. The fraction of sp³-hybridized carbons (Fsp3) is 0.333. The number of nitrogens with one attached hydrogen (secondary N) is 1. The van der Waals surface area contributed by atoms with Crippen LogP contribution in [0.25, 0.3) is 0 Å². The molecule has 0 spiro atoms.